The second kappa shape index (κ2) is 6.16. The van der Waals surface area contributed by atoms with Crippen LogP contribution in [0.1, 0.15) is 17.4 Å². The van der Waals surface area contributed by atoms with Crippen LogP contribution in [0.15, 0.2) is 29.1 Å². The minimum absolute atomic E-state index is 0.0826. The molecule has 114 valence electrons. The predicted molar refractivity (Wildman–Crippen MR) is 96.2 cm³/mol. The molecule has 0 amide bonds. The van der Waals surface area contributed by atoms with E-state index in [1.54, 1.807) is 28.0 Å². The molecule has 0 aliphatic heterocycles. The first kappa shape index (κ1) is 15.7. The van der Waals surface area contributed by atoms with Crippen molar-refractivity contribution in [1.29, 1.82) is 0 Å². The zero-order valence-corrected chi connectivity index (χ0v) is 14.8. The van der Waals surface area contributed by atoms with Crippen molar-refractivity contribution in [3.63, 3.8) is 0 Å². The summed E-state index contributed by atoms with van der Waals surface area (Å²) in [5.41, 5.74) is 0.794. The van der Waals surface area contributed by atoms with E-state index in [4.69, 9.17) is 35.4 Å². The molecular weight excluding hydrogens is 359 g/mol. The first-order valence-corrected chi connectivity index (χ1v) is 8.67. The molecule has 0 radical (unpaired) electrons. The molecule has 0 fully saturated rings. The fourth-order valence-electron chi connectivity index (χ4n) is 2.23. The van der Waals surface area contributed by atoms with Crippen LogP contribution in [0.2, 0.25) is 10.0 Å². The highest BCUT2D eigenvalue weighted by molar-refractivity contribution is 7.71. The van der Waals surface area contributed by atoms with E-state index < -0.39 is 0 Å². The molecule has 0 saturated carbocycles. The van der Waals surface area contributed by atoms with Crippen molar-refractivity contribution in [2.24, 2.45) is 0 Å². The number of aromatic amines is 1. The van der Waals surface area contributed by atoms with Crippen molar-refractivity contribution in [3.05, 3.63) is 59.9 Å². The van der Waals surface area contributed by atoms with Crippen LogP contribution in [0, 0.1) is 4.77 Å². The molecule has 1 aromatic carbocycles. The second-order valence-electron chi connectivity index (χ2n) is 4.88. The van der Waals surface area contributed by atoms with Gasteiger partial charge in [-0.05, 0) is 42.4 Å². The summed E-state index contributed by atoms with van der Waals surface area (Å²) in [5.74, 6) is 0. The lowest BCUT2D eigenvalue weighted by atomic mass is 10.2. The van der Waals surface area contributed by atoms with E-state index in [9.17, 15) is 4.79 Å². The van der Waals surface area contributed by atoms with Gasteiger partial charge in [-0.2, -0.15) is 0 Å². The summed E-state index contributed by atoms with van der Waals surface area (Å²) in [6.45, 7) is 2.42. The first-order valence-electron chi connectivity index (χ1n) is 6.69. The summed E-state index contributed by atoms with van der Waals surface area (Å²) < 4.78 is 1.96. The number of nitrogens with zero attached hydrogens (tertiary/aromatic N) is 1. The van der Waals surface area contributed by atoms with Crippen LogP contribution < -0.4 is 5.56 Å². The van der Waals surface area contributed by atoms with E-state index in [0.29, 0.717) is 26.7 Å². The minimum atomic E-state index is -0.0826. The van der Waals surface area contributed by atoms with Crippen molar-refractivity contribution < 1.29 is 0 Å². The van der Waals surface area contributed by atoms with Gasteiger partial charge in [0.2, 0.25) is 0 Å². The van der Waals surface area contributed by atoms with Crippen LogP contribution in [-0.4, -0.2) is 9.55 Å². The zero-order valence-electron chi connectivity index (χ0n) is 11.7. The zero-order chi connectivity index (χ0) is 15.9. The molecule has 0 atom stereocenters. The first-order chi connectivity index (χ1) is 10.5. The largest absolute Gasteiger partial charge is 0.323 e. The Kier molecular flexibility index (Phi) is 4.41. The summed E-state index contributed by atoms with van der Waals surface area (Å²) in [7, 11) is 0. The highest BCUT2D eigenvalue weighted by Crippen LogP contribution is 2.24. The highest BCUT2D eigenvalue weighted by atomic mass is 35.5. The van der Waals surface area contributed by atoms with Gasteiger partial charge >= 0.3 is 0 Å². The third-order valence-electron chi connectivity index (χ3n) is 3.40. The number of halogens is 2. The van der Waals surface area contributed by atoms with Crippen LogP contribution in [0.4, 0.5) is 0 Å². The van der Waals surface area contributed by atoms with Crippen molar-refractivity contribution in [2.75, 3.05) is 0 Å². The lowest BCUT2D eigenvalue weighted by molar-refractivity contribution is 0.735. The second-order valence-corrected chi connectivity index (χ2v) is 7.22. The number of aromatic nitrogens is 2. The van der Waals surface area contributed by atoms with Crippen LogP contribution >= 0.6 is 46.8 Å². The SMILES string of the molecule is CCc1cc2c(=O)n(Cc3ccc(Cl)c(Cl)c3)c(=S)[nH]c2s1. The topological polar surface area (TPSA) is 37.8 Å². The van der Waals surface area contributed by atoms with Gasteiger partial charge in [0.15, 0.2) is 4.77 Å². The summed E-state index contributed by atoms with van der Waals surface area (Å²) in [5, 5.41) is 1.63. The maximum absolute atomic E-state index is 12.7. The van der Waals surface area contributed by atoms with E-state index in [1.165, 1.54) is 0 Å². The number of hydrogen-bond acceptors (Lipinski definition) is 3. The number of nitrogens with one attached hydrogen (secondary N) is 1. The van der Waals surface area contributed by atoms with Crippen LogP contribution in [0.5, 0.6) is 0 Å². The van der Waals surface area contributed by atoms with Gasteiger partial charge in [-0.1, -0.05) is 36.2 Å². The van der Waals surface area contributed by atoms with E-state index in [1.807, 2.05) is 12.1 Å². The van der Waals surface area contributed by atoms with Gasteiger partial charge in [0.05, 0.1) is 22.0 Å². The average Bonchev–Trinajstić information content (AvgIpc) is 2.90. The van der Waals surface area contributed by atoms with E-state index >= 15 is 0 Å². The number of benzene rings is 1. The molecule has 0 saturated heterocycles. The number of fused-ring (bicyclic) bond motifs is 1. The van der Waals surface area contributed by atoms with Gasteiger partial charge in [0.1, 0.15) is 4.83 Å². The molecule has 3 aromatic rings. The number of thiophene rings is 1. The van der Waals surface area contributed by atoms with Crippen molar-refractivity contribution >= 4 is 57.0 Å². The van der Waals surface area contributed by atoms with Crippen molar-refractivity contribution in [3.8, 4) is 0 Å². The maximum Gasteiger partial charge on any atom is 0.263 e. The third-order valence-corrected chi connectivity index (χ3v) is 5.65. The molecule has 0 bridgehead atoms. The molecule has 1 N–H and O–H groups in total. The van der Waals surface area contributed by atoms with Gasteiger partial charge in [-0.15, -0.1) is 11.3 Å². The molecule has 0 spiro atoms. The molecular formula is C15H12Cl2N2OS2. The Hall–Kier alpha value is -1.14. The monoisotopic (exact) mass is 370 g/mol. The quantitative estimate of drug-likeness (QED) is 0.655. The van der Waals surface area contributed by atoms with Crippen LogP contribution in [-0.2, 0) is 13.0 Å². The molecule has 3 nitrogen and oxygen atoms in total. The third kappa shape index (κ3) is 2.86. The maximum atomic E-state index is 12.7. The Balaban J connectivity index is 2.12. The Labute approximate surface area is 146 Å². The fraction of sp³-hybridized carbons (Fsp3) is 0.200. The number of H-pyrrole nitrogens is 1. The average molecular weight is 371 g/mol. The van der Waals surface area contributed by atoms with Crippen molar-refractivity contribution in [2.45, 2.75) is 19.9 Å². The molecule has 7 heteroatoms. The Morgan fingerprint density at radius 2 is 2.05 bits per heavy atom. The Morgan fingerprint density at radius 3 is 2.73 bits per heavy atom. The predicted octanol–water partition coefficient (Wildman–Crippen LogP) is 5.04. The molecule has 3 rings (SSSR count). The smallest absolute Gasteiger partial charge is 0.263 e. The minimum Gasteiger partial charge on any atom is -0.323 e. The van der Waals surface area contributed by atoms with Gasteiger partial charge in [0.25, 0.3) is 5.56 Å². The summed E-state index contributed by atoms with van der Waals surface area (Å²) >= 11 is 18.8. The fourth-order valence-corrected chi connectivity index (χ4v) is 3.86. The molecule has 0 aliphatic rings. The standard InChI is InChI=1S/C15H12Cl2N2OS2/c1-2-9-6-10-13(22-9)18-15(21)19(14(10)20)7-8-3-4-11(16)12(17)5-8/h3-6H,2,7H2,1H3,(H,18,21). The van der Waals surface area contributed by atoms with Gasteiger partial charge in [0, 0.05) is 4.88 Å². The number of aryl methyl sites for hydroxylation is 1. The summed E-state index contributed by atoms with van der Waals surface area (Å²) in [6.07, 6.45) is 0.895. The van der Waals surface area contributed by atoms with Crippen LogP contribution in [0.3, 0.4) is 0 Å². The Bertz CT molecular complexity index is 972. The van der Waals surface area contributed by atoms with Crippen molar-refractivity contribution in [1.82, 2.24) is 9.55 Å². The lowest BCUT2D eigenvalue weighted by Gasteiger charge is -2.07. The Morgan fingerprint density at radius 1 is 1.27 bits per heavy atom. The molecule has 2 heterocycles. The molecule has 2 aromatic heterocycles. The molecule has 0 aliphatic carbocycles. The van der Waals surface area contributed by atoms with Gasteiger partial charge < -0.3 is 4.98 Å². The van der Waals surface area contributed by atoms with Crippen LogP contribution in [0.25, 0.3) is 10.2 Å². The lowest BCUT2D eigenvalue weighted by Crippen LogP contribution is -2.22. The van der Waals surface area contributed by atoms with Gasteiger partial charge in [-0.25, -0.2) is 0 Å². The van der Waals surface area contributed by atoms with E-state index in [2.05, 4.69) is 11.9 Å². The highest BCUT2D eigenvalue weighted by Gasteiger charge is 2.10. The van der Waals surface area contributed by atoms with E-state index in [0.717, 1.165) is 21.7 Å². The normalized spacial score (nSPS) is 11.2. The number of rotatable bonds is 3. The molecule has 22 heavy (non-hydrogen) atoms. The summed E-state index contributed by atoms with van der Waals surface area (Å²) in [4.78, 5) is 17.8. The summed E-state index contributed by atoms with van der Waals surface area (Å²) in [6, 6.07) is 7.24. The van der Waals surface area contributed by atoms with Gasteiger partial charge in [-0.3, -0.25) is 9.36 Å². The number of hydrogen-bond donors (Lipinski definition) is 1. The molecule has 0 unspecified atom stereocenters. The van der Waals surface area contributed by atoms with E-state index in [-0.39, 0.29) is 5.56 Å².